The largest absolute Gasteiger partial charge is 0.455 e. The Bertz CT molecular complexity index is 1190. The fourth-order valence-electron chi connectivity index (χ4n) is 4.91. The van der Waals surface area contributed by atoms with Gasteiger partial charge in [-0.3, -0.25) is 4.98 Å². The van der Waals surface area contributed by atoms with Crippen molar-refractivity contribution in [3.05, 3.63) is 66.4 Å². The van der Waals surface area contributed by atoms with E-state index < -0.39 is 0 Å². The summed E-state index contributed by atoms with van der Waals surface area (Å²) in [5.41, 5.74) is 3.57. The van der Waals surface area contributed by atoms with Crippen LogP contribution in [0.15, 0.2) is 60.8 Å². The fraction of sp³-hybridized carbons (Fsp3) is 0.240. The normalized spacial score (nSPS) is 16.3. The lowest BCUT2D eigenvalue weighted by Crippen LogP contribution is -2.06. The zero-order chi connectivity index (χ0) is 17.8. The maximum absolute atomic E-state index is 6.55. The molecule has 0 bridgehead atoms. The van der Waals surface area contributed by atoms with Gasteiger partial charge in [-0.2, -0.15) is 0 Å². The summed E-state index contributed by atoms with van der Waals surface area (Å²) >= 11 is 0. The van der Waals surface area contributed by atoms with Crippen LogP contribution in [0.1, 0.15) is 43.6 Å². The summed E-state index contributed by atoms with van der Waals surface area (Å²) in [7, 11) is 0. The van der Waals surface area contributed by atoms with Gasteiger partial charge in [0.1, 0.15) is 11.5 Å². The molecule has 2 heteroatoms. The topological polar surface area (TPSA) is 22.1 Å². The quantitative estimate of drug-likeness (QED) is 0.318. The van der Waals surface area contributed by atoms with Crippen LogP contribution in [0.5, 0.6) is 11.5 Å². The lowest BCUT2D eigenvalue weighted by Gasteiger charge is -2.26. The zero-order valence-corrected chi connectivity index (χ0v) is 15.2. The van der Waals surface area contributed by atoms with Crippen LogP contribution in [0.25, 0.3) is 32.8 Å². The molecule has 1 aromatic heterocycles. The van der Waals surface area contributed by atoms with Crippen LogP contribution in [0.3, 0.4) is 0 Å². The molecule has 2 aliphatic rings. The van der Waals surface area contributed by atoms with Crippen molar-refractivity contribution in [3.8, 4) is 22.8 Å². The molecule has 0 amide bonds. The molecule has 6 rings (SSSR count). The molecule has 1 aliphatic carbocycles. The lowest BCUT2D eigenvalue weighted by atomic mass is 9.83. The first kappa shape index (κ1) is 15.2. The van der Waals surface area contributed by atoms with Crippen molar-refractivity contribution in [3.63, 3.8) is 0 Å². The van der Waals surface area contributed by atoms with Gasteiger partial charge < -0.3 is 4.74 Å². The Morgan fingerprint density at radius 1 is 0.852 bits per heavy atom. The van der Waals surface area contributed by atoms with Crippen molar-refractivity contribution in [2.24, 2.45) is 0 Å². The van der Waals surface area contributed by atoms with Gasteiger partial charge in [0.15, 0.2) is 0 Å². The zero-order valence-electron chi connectivity index (χ0n) is 15.2. The smallest absolute Gasteiger partial charge is 0.144 e. The number of fused-ring (bicyclic) bond motifs is 4. The molecule has 0 N–H and O–H groups in total. The first-order valence-electron chi connectivity index (χ1n) is 10.0. The number of hydrogen-bond acceptors (Lipinski definition) is 2. The van der Waals surface area contributed by atoms with Crippen molar-refractivity contribution in [2.45, 2.75) is 38.0 Å². The Hall–Kier alpha value is -2.87. The van der Waals surface area contributed by atoms with E-state index in [4.69, 9.17) is 9.72 Å². The molecule has 1 saturated carbocycles. The molecule has 1 fully saturated rings. The molecule has 2 heterocycles. The van der Waals surface area contributed by atoms with E-state index in [1.807, 2.05) is 6.20 Å². The first-order valence-corrected chi connectivity index (χ1v) is 10.0. The highest BCUT2D eigenvalue weighted by molar-refractivity contribution is 6.06. The maximum atomic E-state index is 6.55. The minimum Gasteiger partial charge on any atom is -0.455 e. The molecule has 27 heavy (non-hydrogen) atoms. The number of pyridine rings is 1. The van der Waals surface area contributed by atoms with Crippen LogP contribution in [-0.4, -0.2) is 4.98 Å². The van der Waals surface area contributed by atoms with Gasteiger partial charge in [-0.15, -0.1) is 0 Å². The van der Waals surface area contributed by atoms with Gasteiger partial charge >= 0.3 is 0 Å². The second-order valence-electron chi connectivity index (χ2n) is 7.88. The van der Waals surface area contributed by atoms with Crippen LogP contribution < -0.4 is 4.74 Å². The molecule has 4 aromatic rings. The minimum atomic E-state index is 0.661. The molecule has 0 radical (unpaired) electrons. The molecule has 2 nitrogen and oxygen atoms in total. The summed E-state index contributed by atoms with van der Waals surface area (Å²) in [6.45, 7) is 0. The molecule has 0 unspecified atom stereocenters. The average Bonchev–Trinajstić information content (AvgIpc) is 2.74. The first-order chi connectivity index (χ1) is 13.4. The van der Waals surface area contributed by atoms with Gasteiger partial charge in [-0.1, -0.05) is 55.7 Å². The third-order valence-electron chi connectivity index (χ3n) is 6.27. The van der Waals surface area contributed by atoms with Crippen LogP contribution >= 0.6 is 0 Å². The van der Waals surface area contributed by atoms with Crippen LogP contribution in [0.4, 0.5) is 0 Å². The van der Waals surface area contributed by atoms with E-state index >= 15 is 0 Å². The summed E-state index contributed by atoms with van der Waals surface area (Å²) in [6.07, 6.45) is 8.59. The number of aromatic nitrogens is 1. The van der Waals surface area contributed by atoms with E-state index in [9.17, 15) is 0 Å². The molecule has 0 atom stereocenters. The van der Waals surface area contributed by atoms with Crippen molar-refractivity contribution >= 4 is 21.5 Å². The monoisotopic (exact) mass is 351 g/mol. The van der Waals surface area contributed by atoms with Gasteiger partial charge in [-0.05, 0) is 53.3 Å². The highest BCUT2D eigenvalue weighted by Crippen LogP contribution is 2.49. The molecular formula is C25H21NO. The predicted molar refractivity (Wildman–Crippen MR) is 111 cm³/mol. The molecule has 3 aromatic carbocycles. The SMILES string of the molecule is c1ccc2c3c(ccc2c1)-c1nccc2cc(C4CCCCC4)cc(c12)O3. The predicted octanol–water partition coefficient (Wildman–Crippen LogP) is 7.21. The van der Waals surface area contributed by atoms with E-state index in [1.54, 1.807) is 0 Å². The number of hydrogen-bond donors (Lipinski definition) is 0. The average molecular weight is 351 g/mol. The lowest BCUT2D eigenvalue weighted by molar-refractivity contribution is 0.440. The molecule has 0 spiro atoms. The fourth-order valence-corrected chi connectivity index (χ4v) is 4.91. The highest BCUT2D eigenvalue weighted by Gasteiger charge is 2.25. The standard InChI is InChI=1S/C25H21NO/c1-2-6-16(7-3-1)19-14-18-12-13-26-24-21-11-10-17-8-4-5-9-20(17)25(21)27-22(15-19)23(18)24/h4-5,8-16H,1-3,6-7H2. The Balaban J connectivity index is 1.61. The Labute approximate surface area is 158 Å². The number of nitrogens with zero attached hydrogens (tertiary/aromatic N) is 1. The third-order valence-corrected chi connectivity index (χ3v) is 6.27. The Kier molecular flexibility index (Phi) is 3.28. The summed E-state index contributed by atoms with van der Waals surface area (Å²) in [6, 6.07) is 19.5. The molecule has 1 aliphatic heterocycles. The Morgan fingerprint density at radius 2 is 1.74 bits per heavy atom. The van der Waals surface area contributed by atoms with E-state index in [1.165, 1.54) is 48.4 Å². The third kappa shape index (κ3) is 2.29. The molecule has 132 valence electrons. The van der Waals surface area contributed by atoms with Gasteiger partial charge in [0.05, 0.1) is 11.1 Å². The summed E-state index contributed by atoms with van der Waals surface area (Å²) in [5, 5.41) is 4.76. The van der Waals surface area contributed by atoms with Gasteiger partial charge in [0.25, 0.3) is 0 Å². The summed E-state index contributed by atoms with van der Waals surface area (Å²) in [5.74, 6) is 2.58. The second kappa shape index (κ2) is 5.82. The number of rotatable bonds is 1. The number of benzene rings is 3. The van der Waals surface area contributed by atoms with E-state index in [0.717, 1.165) is 33.5 Å². The van der Waals surface area contributed by atoms with E-state index in [2.05, 4.69) is 54.6 Å². The minimum absolute atomic E-state index is 0.661. The summed E-state index contributed by atoms with van der Waals surface area (Å²) in [4.78, 5) is 4.75. The van der Waals surface area contributed by atoms with Crippen molar-refractivity contribution in [2.75, 3.05) is 0 Å². The number of ether oxygens (including phenoxy) is 1. The van der Waals surface area contributed by atoms with Crippen LogP contribution in [-0.2, 0) is 0 Å². The van der Waals surface area contributed by atoms with Crippen molar-refractivity contribution in [1.82, 2.24) is 4.98 Å². The van der Waals surface area contributed by atoms with Gasteiger partial charge in [0, 0.05) is 17.1 Å². The van der Waals surface area contributed by atoms with Crippen molar-refractivity contribution in [1.29, 1.82) is 0 Å². The second-order valence-corrected chi connectivity index (χ2v) is 7.88. The van der Waals surface area contributed by atoms with Crippen molar-refractivity contribution < 1.29 is 4.74 Å². The van der Waals surface area contributed by atoms with E-state index in [0.29, 0.717) is 5.92 Å². The Morgan fingerprint density at radius 3 is 2.67 bits per heavy atom. The maximum Gasteiger partial charge on any atom is 0.144 e. The van der Waals surface area contributed by atoms with Gasteiger partial charge in [-0.25, -0.2) is 0 Å². The van der Waals surface area contributed by atoms with Crippen LogP contribution in [0.2, 0.25) is 0 Å². The summed E-state index contributed by atoms with van der Waals surface area (Å²) < 4.78 is 6.55. The molecular weight excluding hydrogens is 330 g/mol. The van der Waals surface area contributed by atoms with Crippen LogP contribution in [0, 0.1) is 0 Å². The highest BCUT2D eigenvalue weighted by atomic mass is 16.5. The molecule has 0 saturated heterocycles. The van der Waals surface area contributed by atoms with Gasteiger partial charge in [0.2, 0.25) is 0 Å². The van der Waals surface area contributed by atoms with E-state index in [-0.39, 0.29) is 0 Å².